The number of amides is 1. The number of rotatable bonds is 2. The SMILES string of the molecule is Cc1ccc(NC(=O)C2CC2C)c(O)c1. The van der Waals surface area contributed by atoms with Crippen LogP contribution >= 0.6 is 0 Å². The number of phenols is 1. The van der Waals surface area contributed by atoms with Crippen LogP contribution in [0.1, 0.15) is 18.9 Å². The zero-order valence-corrected chi connectivity index (χ0v) is 8.95. The molecule has 80 valence electrons. The molecule has 2 rings (SSSR count). The highest BCUT2D eigenvalue weighted by Gasteiger charge is 2.39. The summed E-state index contributed by atoms with van der Waals surface area (Å²) in [5.74, 6) is 0.765. The van der Waals surface area contributed by atoms with E-state index in [1.54, 1.807) is 12.1 Å². The lowest BCUT2D eigenvalue weighted by Gasteiger charge is -2.07. The van der Waals surface area contributed by atoms with Gasteiger partial charge in [0, 0.05) is 5.92 Å². The van der Waals surface area contributed by atoms with E-state index in [1.807, 2.05) is 13.0 Å². The van der Waals surface area contributed by atoms with E-state index in [-0.39, 0.29) is 17.6 Å². The maximum atomic E-state index is 11.6. The fraction of sp³-hybridized carbons (Fsp3) is 0.417. The summed E-state index contributed by atoms with van der Waals surface area (Å²) in [5.41, 5.74) is 1.48. The van der Waals surface area contributed by atoms with Gasteiger partial charge in [-0.25, -0.2) is 0 Å². The largest absolute Gasteiger partial charge is 0.506 e. The molecule has 1 saturated carbocycles. The Balaban J connectivity index is 2.07. The van der Waals surface area contributed by atoms with Crippen molar-refractivity contribution in [2.24, 2.45) is 11.8 Å². The summed E-state index contributed by atoms with van der Waals surface area (Å²) < 4.78 is 0. The van der Waals surface area contributed by atoms with Gasteiger partial charge in [-0.15, -0.1) is 0 Å². The van der Waals surface area contributed by atoms with Crippen molar-refractivity contribution >= 4 is 11.6 Å². The summed E-state index contributed by atoms with van der Waals surface area (Å²) in [5, 5.41) is 12.3. The zero-order valence-electron chi connectivity index (χ0n) is 8.95. The third-order valence-electron chi connectivity index (χ3n) is 2.86. The number of phenolic OH excluding ortho intramolecular Hbond substituents is 1. The molecule has 0 heterocycles. The number of hydrogen-bond donors (Lipinski definition) is 2. The van der Waals surface area contributed by atoms with Crippen molar-refractivity contribution in [1.82, 2.24) is 0 Å². The van der Waals surface area contributed by atoms with Gasteiger partial charge >= 0.3 is 0 Å². The van der Waals surface area contributed by atoms with Crippen molar-refractivity contribution in [3.8, 4) is 5.75 Å². The molecule has 3 nitrogen and oxygen atoms in total. The molecule has 2 N–H and O–H groups in total. The third kappa shape index (κ3) is 2.12. The van der Waals surface area contributed by atoms with E-state index in [0.717, 1.165) is 12.0 Å². The van der Waals surface area contributed by atoms with Crippen molar-refractivity contribution in [3.63, 3.8) is 0 Å². The van der Waals surface area contributed by atoms with Gasteiger partial charge in [0.2, 0.25) is 5.91 Å². The minimum atomic E-state index is 0.0154. The first kappa shape index (κ1) is 10.0. The maximum Gasteiger partial charge on any atom is 0.227 e. The Bertz CT molecular complexity index is 401. The van der Waals surface area contributed by atoms with Gasteiger partial charge in [-0.3, -0.25) is 4.79 Å². The number of carbonyl (C=O) groups excluding carboxylic acids is 1. The number of anilines is 1. The van der Waals surface area contributed by atoms with Crippen molar-refractivity contribution in [3.05, 3.63) is 23.8 Å². The molecule has 1 amide bonds. The number of aryl methyl sites for hydroxylation is 1. The smallest absolute Gasteiger partial charge is 0.227 e. The highest BCUT2D eigenvalue weighted by atomic mass is 16.3. The monoisotopic (exact) mass is 205 g/mol. The Hall–Kier alpha value is -1.51. The molecule has 1 aromatic carbocycles. The first-order chi connectivity index (χ1) is 7.08. The lowest BCUT2D eigenvalue weighted by atomic mass is 10.2. The van der Waals surface area contributed by atoms with Gasteiger partial charge < -0.3 is 10.4 Å². The number of carbonyl (C=O) groups is 1. The molecular formula is C12H15NO2. The normalized spacial score (nSPS) is 23.6. The molecule has 15 heavy (non-hydrogen) atoms. The van der Waals surface area contributed by atoms with Gasteiger partial charge in [0.25, 0.3) is 0 Å². The summed E-state index contributed by atoms with van der Waals surface area (Å²) in [6.07, 6.45) is 0.957. The van der Waals surface area contributed by atoms with Gasteiger partial charge in [0.1, 0.15) is 5.75 Å². The second-order valence-electron chi connectivity index (χ2n) is 4.33. The van der Waals surface area contributed by atoms with Crippen molar-refractivity contribution in [1.29, 1.82) is 0 Å². The fourth-order valence-corrected chi connectivity index (χ4v) is 1.66. The van der Waals surface area contributed by atoms with E-state index in [0.29, 0.717) is 11.6 Å². The summed E-state index contributed by atoms with van der Waals surface area (Å²) in [4.78, 5) is 11.6. The van der Waals surface area contributed by atoms with Gasteiger partial charge in [0.05, 0.1) is 5.69 Å². The summed E-state index contributed by atoms with van der Waals surface area (Å²) >= 11 is 0. The predicted molar refractivity (Wildman–Crippen MR) is 58.7 cm³/mol. The molecule has 1 fully saturated rings. The Morgan fingerprint density at radius 1 is 1.53 bits per heavy atom. The molecule has 0 aliphatic heterocycles. The van der Waals surface area contributed by atoms with Crippen LogP contribution < -0.4 is 5.32 Å². The predicted octanol–water partition coefficient (Wildman–Crippen LogP) is 2.30. The van der Waals surface area contributed by atoms with Crippen LogP contribution in [0, 0.1) is 18.8 Å². The minimum Gasteiger partial charge on any atom is -0.506 e. The average Bonchev–Trinajstić information content (AvgIpc) is 2.88. The molecule has 0 radical (unpaired) electrons. The second-order valence-corrected chi connectivity index (χ2v) is 4.33. The molecule has 0 saturated heterocycles. The molecule has 2 atom stereocenters. The van der Waals surface area contributed by atoms with Crippen LogP contribution in [0.25, 0.3) is 0 Å². The average molecular weight is 205 g/mol. The number of benzene rings is 1. The molecule has 0 spiro atoms. The van der Waals surface area contributed by atoms with E-state index in [2.05, 4.69) is 12.2 Å². The highest BCUT2D eigenvalue weighted by Crippen LogP contribution is 2.39. The van der Waals surface area contributed by atoms with E-state index in [9.17, 15) is 9.90 Å². The Kier molecular flexibility index (Phi) is 2.39. The quantitative estimate of drug-likeness (QED) is 0.728. The van der Waals surface area contributed by atoms with Crippen LogP contribution in [-0.2, 0) is 4.79 Å². The molecular weight excluding hydrogens is 190 g/mol. The molecule has 1 aromatic rings. The molecule has 0 bridgehead atoms. The van der Waals surface area contributed by atoms with Crippen LogP contribution in [0.2, 0.25) is 0 Å². The third-order valence-corrected chi connectivity index (χ3v) is 2.86. The Labute approximate surface area is 89.1 Å². The van der Waals surface area contributed by atoms with Crippen molar-refractivity contribution < 1.29 is 9.90 Å². The standard InChI is InChI=1S/C12H15NO2/c1-7-3-4-10(11(14)5-7)13-12(15)9-6-8(9)2/h3-5,8-9,14H,6H2,1-2H3,(H,13,15). The van der Waals surface area contributed by atoms with E-state index in [1.165, 1.54) is 0 Å². The van der Waals surface area contributed by atoms with Gasteiger partial charge in [-0.05, 0) is 37.0 Å². The first-order valence-electron chi connectivity index (χ1n) is 5.18. The number of hydrogen-bond acceptors (Lipinski definition) is 2. The molecule has 3 heteroatoms. The Morgan fingerprint density at radius 2 is 2.20 bits per heavy atom. The van der Waals surface area contributed by atoms with Gasteiger partial charge in [-0.2, -0.15) is 0 Å². The summed E-state index contributed by atoms with van der Waals surface area (Å²) in [6, 6.07) is 5.24. The lowest BCUT2D eigenvalue weighted by molar-refractivity contribution is -0.117. The number of aromatic hydroxyl groups is 1. The van der Waals surface area contributed by atoms with Crippen molar-refractivity contribution in [2.75, 3.05) is 5.32 Å². The zero-order chi connectivity index (χ0) is 11.0. The highest BCUT2D eigenvalue weighted by molar-refractivity contribution is 5.95. The van der Waals surface area contributed by atoms with Gasteiger partial charge in [-0.1, -0.05) is 13.0 Å². The minimum absolute atomic E-state index is 0.0154. The van der Waals surface area contributed by atoms with Crippen molar-refractivity contribution in [2.45, 2.75) is 20.3 Å². The number of nitrogens with one attached hydrogen (secondary N) is 1. The summed E-state index contributed by atoms with van der Waals surface area (Å²) in [7, 11) is 0. The van der Waals surface area contributed by atoms with Crippen LogP contribution in [-0.4, -0.2) is 11.0 Å². The summed E-state index contributed by atoms with van der Waals surface area (Å²) in [6.45, 7) is 3.95. The molecule has 1 aliphatic rings. The molecule has 1 aliphatic carbocycles. The van der Waals surface area contributed by atoms with Crippen LogP contribution in [0.4, 0.5) is 5.69 Å². The Morgan fingerprint density at radius 3 is 2.73 bits per heavy atom. The topological polar surface area (TPSA) is 49.3 Å². The van der Waals surface area contributed by atoms with Crippen LogP contribution in [0.5, 0.6) is 5.75 Å². The van der Waals surface area contributed by atoms with Crippen LogP contribution in [0.15, 0.2) is 18.2 Å². The second kappa shape index (κ2) is 3.57. The molecule has 0 aromatic heterocycles. The first-order valence-corrected chi connectivity index (χ1v) is 5.18. The van der Waals surface area contributed by atoms with E-state index >= 15 is 0 Å². The van der Waals surface area contributed by atoms with Gasteiger partial charge in [0.15, 0.2) is 0 Å². The fourth-order valence-electron chi connectivity index (χ4n) is 1.66. The maximum absolute atomic E-state index is 11.6. The lowest BCUT2D eigenvalue weighted by Crippen LogP contribution is -2.14. The molecule has 2 unspecified atom stereocenters. The van der Waals surface area contributed by atoms with E-state index < -0.39 is 0 Å². The van der Waals surface area contributed by atoms with Crippen LogP contribution in [0.3, 0.4) is 0 Å². The van der Waals surface area contributed by atoms with E-state index in [4.69, 9.17) is 0 Å².